The van der Waals surface area contributed by atoms with E-state index < -0.39 is 10.0 Å². The van der Waals surface area contributed by atoms with E-state index in [-0.39, 0.29) is 5.92 Å². The quantitative estimate of drug-likeness (QED) is 0.830. The molecule has 0 bridgehead atoms. The molecule has 3 heterocycles. The van der Waals surface area contributed by atoms with Gasteiger partial charge in [0.25, 0.3) is 0 Å². The van der Waals surface area contributed by atoms with Gasteiger partial charge in [0, 0.05) is 31.3 Å². The lowest BCUT2D eigenvalue weighted by atomic mass is 9.97. The third-order valence-corrected chi connectivity index (χ3v) is 5.05. The van der Waals surface area contributed by atoms with Crippen molar-refractivity contribution in [1.82, 2.24) is 19.1 Å². The molecular formula is C14H18N4O3S. The van der Waals surface area contributed by atoms with Crippen LogP contribution in [0.25, 0.3) is 0 Å². The Bertz CT molecular complexity index is 758. The van der Waals surface area contributed by atoms with Gasteiger partial charge in [-0.3, -0.25) is 9.67 Å². The number of aromatic nitrogens is 3. The van der Waals surface area contributed by atoms with E-state index in [0.717, 1.165) is 11.3 Å². The molecule has 22 heavy (non-hydrogen) atoms. The molecule has 1 aliphatic heterocycles. The first-order chi connectivity index (χ1) is 10.4. The predicted molar refractivity (Wildman–Crippen MR) is 80.9 cm³/mol. The number of hydrogen-bond donors (Lipinski definition) is 0. The Morgan fingerprint density at radius 1 is 1.41 bits per heavy atom. The minimum absolute atomic E-state index is 0.0487. The first kappa shape index (κ1) is 15.0. The summed E-state index contributed by atoms with van der Waals surface area (Å²) < 4.78 is 32.7. The van der Waals surface area contributed by atoms with Crippen molar-refractivity contribution in [2.24, 2.45) is 7.05 Å². The van der Waals surface area contributed by atoms with Crippen molar-refractivity contribution in [1.29, 1.82) is 0 Å². The molecule has 0 saturated heterocycles. The number of fused-ring (bicyclic) bond motifs is 1. The molecular weight excluding hydrogens is 304 g/mol. The van der Waals surface area contributed by atoms with Crippen LogP contribution in [-0.2, 0) is 23.6 Å². The highest BCUT2D eigenvalue weighted by Gasteiger charge is 2.32. The Hall–Kier alpha value is -1.93. The number of ether oxygens (including phenoxy) is 1. The standard InChI is InChI=1S/C14H18N4O3S/c1-17-14-9-18(22(2,19)20)8-11(13(14)7-16-17)10-21-12-4-3-5-15-6-12/h3-7,11H,8-10H2,1-2H3/t11-/m0/s1. The predicted octanol–water partition coefficient (Wildman–Crippen LogP) is 0.753. The molecule has 0 saturated carbocycles. The maximum absolute atomic E-state index is 11.9. The monoisotopic (exact) mass is 322 g/mol. The summed E-state index contributed by atoms with van der Waals surface area (Å²) in [5.41, 5.74) is 1.96. The Labute approximate surface area is 129 Å². The first-order valence-corrected chi connectivity index (χ1v) is 8.78. The minimum Gasteiger partial charge on any atom is -0.491 e. The van der Waals surface area contributed by atoms with Crippen molar-refractivity contribution >= 4 is 10.0 Å². The second kappa shape index (κ2) is 5.69. The molecule has 0 unspecified atom stereocenters. The van der Waals surface area contributed by atoms with Gasteiger partial charge in [-0.2, -0.15) is 9.40 Å². The zero-order valence-corrected chi connectivity index (χ0v) is 13.3. The lowest BCUT2D eigenvalue weighted by molar-refractivity contribution is 0.245. The molecule has 0 aromatic carbocycles. The second-order valence-corrected chi connectivity index (χ2v) is 7.40. The number of hydrogen-bond acceptors (Lipinski definition) is 5. The molecule has 7 nitrogen and oxygen atoms in total. The van der Waals surface area contributed by atoms with Gasteiger partial charge in [-0.15, -0.1) is 0 Å². The summed E-state index contributed by atoms with van der Waals surface area (Å²) >= 11 is 0. The number of rotatable bonds is 4. The third-order valence-electron chi connectivity index (χ3n) is 3.84. The lowest BCUT2D eigenvalue weighted by Crippen LogP contribution is -2.39. The van der Waals surface area contributed by atoms with Crippen LogP contribution in [0.15, 0.2) is 30.7 Å². The van der Waals surface area contributed by atoms with Crippen molar-refractivity contribution < 1.29 is 13.2 Å². The Balaban J connectivity index is 1.83. The highest BCUT2D eigenvalue weighted by molar-refractivity contribution is 7.88. The minimum atomic E-state index is -3.25. The van der Waals surface area contributed by atoms with Gasteiger partial charge in [0.1, 0.15) is 5.75 Å². The summed E-state index contributed by atoms with van der Waals surface area (Å²) in [6.45, 7) is 1.14. The Kier molecular flexibility index (Phi) is 3.88. The second-order valence-electron chi connectivity index (χ2n) is 5.42. The van der Waals surface area contributed by atoms with Gasteiger partial charge < -0.3 is 4.74 Å². The first-order valence-electron chi connectivity index (χ1n) is 6.94. The van der Waals surface area contributed by atoms with E-state index in [1.165, 1.54) is 10.6 Å². The highest BCUT2D eigenvalue weighted by atomic mass is 32.2. The molecule has 0 aliphatic carbocycles. The van der Waals surface area contributed by atoms with Gasteiger partial charge in [-0.1, -0.05) is 0 Å². The number of sulfonamides is 1. The van der Waals surface area contributed by atoms with Crippen molar-refractivity contribution in [2.75, 3.05) is 19.4 Å². The summed E-state index contributed by atoms with van der Waals surface area (Å²) in [4.78, 5) is 4.00. The molecule has 0 fully saturated rings. The van der Waals surface area contributed by atoms with Crippen molar-refractivity contribution in [3.05, 3.63) is 42.0 Å². The van der Waals surface area contributed by atoms with E-state index in [1.54, 1.807) is 29.3 Å². The average Bonchev–Trinajstić information content (AvgIpc) is 2.87. The fourth-order valence-electron chi connectivity index (χ4n) is 2.61. The maximum Gasteiger partial charge on any atom is 0.211 e. The summed E-state index contributed by atoms with van der Waals surface area (Å²) in [6.07, 6.45) is 6.35. The summed E-state index contributed by atoms with van der Waals surface area (Å²) in [6, 6.07) is 3.63. The van der Waals surface area contributed by atoms with Crippen LogP contribution in [0.5, 0.6) is 5.75 Å². The summed E-state index contributed by atoms with van der Waals surface area (Å²) in [5.74, 6) is 0.622. The number of nitrogens with zero attached hydrogens (tertiary/aromatic N) is 4. The molecule has 3 rings (SSSR count). The summed E-state index contributed by atoms with van der Waals surface area (Å²) in [5, 5.41) is 4.25. The van der Waals surface area contributed by atoms with Crippen LogP contribution in [0.2, 0.25) is 0 Å². The molecule has 1 atom stereocenters. The van der Waals surface area contributed by atoms with Crippen molar-refractivity contribution in [2.45, 2.75) is 12.5 Å². The van der Waals surface area contributed by atoms with E-state index in [0.29, 0.717) is 25.4 Å². The van der Waals surface area contributed by atoms with Crippen LogP contribution in [0.3, 0.4) is 0 Å². The molecule has 0 amide bonds. The van der Waals surface area contributed by atoms with Crippen LogP contribution < -0.4 is 4.74 Å². The third kappa shape index (κ3) is 2.97. The molecule has 0 spiro atoms. The molecule has 8 heteroatoms. The van der Waals surface area contributed by atoms with E-state index in [9.17, 15) is 8.42 Å². The SMILES string of the molecule is Cn1ncc2c1CN(S(C)(=O)=O)C[C@H]2COc1cccnc1. The van der Waals surface area contributed by atoms with Crippen LogP contribution >= 0.6 is 0 Å². The van der Waals surface area contributed by atoms with Gasteiger partial charge in [0.15, 0.2) is 0 Å². The van der Waals surface area contributed by atoms with Crippen LogP contribution in [0, 0.1) is 0 Å². The highest BCUT2D eigenvalue weighted by Crippen LogP contribution is 2.29. The van der Waals surface area contributed by atoms with E-state index in [2.05, 4.69) is 10.1 Å². The average molecular weight is 322 g/mol. The van der Waals surface area contributed by atoms with Gasteiger partial charge in [0.05, 0.1) is 37.5 Å². The van der Waals surface area contributed by atoms with Crippen molar-refractivity contribution in [3.8, 4) is 5.75 Å². The van der Waals surface area contributed by atoms with Gasteiger partial charge in [-0.05, 0) is 12.1 Å². The zero-order chi connectivity index (χ0) is 15.7. The zero-order valence-electron chi connectivity index (χ0n) is 12.5. The Morgan fingerprint density at radius 3 is 2.91 bits per heavy atom. The van der Waals surface area contributed by atoms with Gasteiger partial charge in [-0.25, -0.2) is 8.42 Å². The molecule has 2 aromatic heterocycles. The molecule has 1 aliphatic rings. The number of pyridine rings is 1. The molecule has 2 aromatic rings. The van der Waals surface area contributed by atoms with E-state index >= 15 is 0 Å². The lowest BCUT2D eigenvalue weighted by Gasteiger charge is -2.31. The molecule has 0 radical (unpaired) electrons. The van der Waals surface area contributed by atoms with Crippen LogP contribution in [-0.4, -0.2) is 46.9 Å². The summed E-state index contributed by atoms with van der Waals surface area (Å²) in [7, 11) is -1.43. The fraction of sp³-hybridized carbons (Fsp3) is 0.429. The largest absolute Gasteiger partial charge is 0.491 e. The molecule has 118 valence electrons. The van der Waals surface area contributed by atoms with Crippen molar-refractivity contribution in [3.63, 3.8) is 0 Å². The Morgan fingerprint density at radius 2 is 2.23 bits per heavy atom. The fourth-order valence-corrected chi connectivity index (χ4v) is 3.42. The normalized spacial score (nSPS) is 18.9. The topological polar surface area (TPSA) is 77.3 Å². The van der Waals surface area contributed by atoms with Gasteiger partial charge >= 0.3 is 0 Å². The smallest absolute Gasteiger partial charge is 0.211 e. The molecule has 0 N–H and O–H groups in total. The number of aryl methyl sites for hydroxylation is 1. The van der Waals surface area contributed by atoms with Gasteiger partial charge in [0.2, 0.25) is 10.0 Å². The van der Waals surface area contributed by atoms with Crippen LogP contribution in [0.1, 0.15) is 17.2 Å². The van der Waals surface area contributed by atoms with E-state index in [1.807, 2.05) is 13.1 Å². The van der Waals surface area contributed by atoms with Crippen LogP contribution in [0.4, 0.5) is 0 Å². The van der Waals surface area contributed by atoms with E-state index in [4.69, 9.17) is 4.74 Å². The maximum atomic E-state index is 11.9.